The largest absolute Gasteiger partial charge is 0.331 e. The van der Waals surface area contributed by atoms with Gasteiger partial charge < -0.3 is 9.88 Å². The molecule has 18 heavy (non-hydrogen) atoms. The van der Waals surface area contributed by atoms with Crippen LogP contribution in [-0.2, 0) is 13.0 Å². The highest BCUT2D eigenvalue weighted by molar-refractivity contribution is 5.14. The first-order valence-corrected chi connectivity index (χ1v) is 6.50. The normalized spacial score (nSPS) is 12.6. The van der Waals surface area contributed by atoms with Crippen molar-refractivity contribution in [1.82, 2.24) is 14.9 Å². The van der Waals surface area contributed by atoms with Gasteiger partial charge in [0.15, 0.2) is 0 Å². The minimum absolute atomic E-state index is 0.482. The van der Waals surface area contributed by atoms with E-state index >= 15 is 0 Å². The van der Waals surface area contributed by atoms with Gasteiger partial charge in [0.2, 0.25) is 0 Å². The molecule has 1 heterocycles. The van der Waals surface area contributed by atoms with Crippen molar-refractivity contribution >= 4 is 0 Å². The molecule has 2 aromatic rings. The second kappa shape index (κ2) is 6.36. The van der Waals surface area contributed by atoms with E-state index in [1.54, 1.807) is 0 Å². The molecular formula is C15H21N3. The lowest BCUT2D eigenvalue weighted by Gasteiger charge is -2.16. The number of benzene rings is 1. The zero-order chi connectivity index (χ0) is 12.8. The second-order valence-corrected chi connectivity index (χ2v) is 4.70. The van der Waals surface area contributed by atoms with Gasteiger partial charge in [0.25, 0.3) is 0 Å². The highest BCUT2D eigenvalue weighted by atomic mass is 15.1. The molecule has 0 aliphatic carbocycles. The van der Waals surface area contributed by atoms with E-state index in [1.165, 1.54) is 11.3 Å². The Balaban J connectivity index is 1.95. The molecular weight excluding hydrogens is 222 g/mol. The van der Waals surface area contributed by atoms with Crippen LogP contribution in [0.15, 0.2) is 42.9 Å². The van der Waals surface area contributed by atoms with Crippen LogP contribution in [0, 0.1) is 0 Å². The van der Waals surface area contributed by atoms with Crippen molar-refractivity contribution in [2.75, 3.05) is 7.05 Å². The van der Waals surface area contributed by atoms with Gasteiger partial charge in [0.1, 0.15) is 0 Å². The number of hydrogen-bond donors (Lipinski definition) is 1. The predicted octanol–water partition coefficient (Wildman–Crippen LogP) is 2.80. The van der Waals surface area contributed by atoms with E-state index in [0.717, 1.165) is 19.4 Å². The molecule has 3 nitrogen and oxygen atoms in total. The van der Waals surface area contributed by atoms with Crippen LogP contribution < -0.4 is 5.32 Å². The fraction of sp³-hybridized carbons (Fsp3) is 0.400. The lowest BCUT2D eigenvalue weighted by Crippen LogP contribution is -2.14. The van der Waals surface area contributed by atoms with Crippen molar-refractivity contribution in [2.45, 2.75) is 32.4 Å². The molecule has 2 rings (SSSR count). The zero-order valence-electron chi connectivity index (χ0n) is 11.1. The van der Waals surface area contributed by atoms with Gasteiger partial charge in [-0.15, -0.1) is 0 Å². The van der Waals surface area contributed by atoms with E-state index < -0.39 is 0 Å². The molecule has 0 amide bonds. The smallest absolute Gasteiger partial charge is 0.0951 e. The minimum atomic E-state index is 0.482. The summed E-state index contributed by atoms with van der Waals surface area (Å²) in [5.41, 5.74) is 2.65. The summed E-state index contributed by atoms with van der Waals surface area (Å²) in [5, 5.41) is 3.18. The SMILES string of the molecule is CNCc1cncn1C(C)CCc1ccccc1. The Morgan fingerprint density at radius 2 is 2.06 bits per heavy atom. The van der Waals surface area contributed by atoms with Crippen LogP contribution in [0.1, 0.15) is 30.6 Å². The number of nitrogens with one attached hydrogen (secondary N) is 1. The number of rotatable bonds is 6. The van der Waals surface area contributed by atoms with Gasteiger partial charge in [0, 0.05) is 18.8 Å². The lowest BCUT2D eigenvalue weighted by atomic mass is 10.1. The Morgan fingerprint density at radius 3 is 2.78 bits per heavy atom. The number of aryl methyl sites for hydroxylation is 1. The predicted molar refractivity (Wildman–Crippen MR) is 74.5 cm³/mol. The summed E-state index contributed by atoms with van der Waals surface area (Å²) in [6, 6.07) is 11.1. The Kier molecular flexibility index (Phi) is 4.53. The van der Waals surface area contributed by atoms with Crippen LogP contribution in [0.5, 0.6) is 0 Å². The average molecular weight is 243 g/mol. The molecule has 0 spiro atoms. The zero-order valence-corrected chi connectivity index (χ0v) is 11.1. The number of aromatic nitrogens is 2. The summed E-state index contributed by atoms with van der Waals surface area (Å²) in [5.74, 6) is 0. The third kappa shape index (κ3) is 3.20. The van der Waals surface area contributed by atoms with Gasteiger partial charge in [-0.25, -0.2) is 4.98 Å². The summed E-state index contributed by atoms with van der Waals surface area (Å²) in [7, 11) is 1.96. The van der Waals surface area contributed by atoms with E-state index in [1.807, 2.05) is 19.6 Å². The van der Waals surface area contributed by atoms with Crippen molar-refractivity contribution in [3.63, 3.8) is 0 Å². The number of imidazole rings is 1. The highest BCUT2D eigenvalue weighted by Gasteiger charge is 2.08. The topological polar surface area (TPSA) is 29.9 Å². The fourth-order valence-corrected chi connectivity index (χ4v) is 2.21. The maximum absolute atomic E-state index is 4.24. The maximum Gasteiger partial charge on any atom is 0.0951 e. The molecule has 0 saturated carbocycles. The summed E-state index contributed by atoms with van der Waals surface area (Å²) >= 11 is 0. The minimum Gasteiger partial charge on any atom is -0.331 e. The van der Waals surface area contributed by atoms with Crippen LogP contribution in [0.3, 0.4) is 0 Å². The Labute approximate surface area is 109 Å². The molecule has 0 fully saturated rings. The quantitative estimate of drug-likeness (QED) is 0.845. The number of nitrogens with zero attached hydrogens (tertiary/aromatic N) is 2. The van der Waals surface area contributed by atoms with Crippen molar-refractivity contribution in [3.8, 4) is 0 Å². The van der Waals surface area contributed by atoms with E-state index in [4.69, 9.17) is 0 Å². The van der Waals surface area contributed by atoms with Crippen LogP contribution in [0.4, 0.5) is 0 Å². The van der Waals surface area contributed by atoms with Crippen molar-refractivity contribution in [2.24, 2.45) is 0 Å². The second-order valence-electron chi connectivity index (χ2n) is 4.70. The van der Waals surface area contributed by atoms with E-state index in [0.29, 0.717) is 6.04 Å². The first kappa shape index (κ1) is 12.8. The Bertz CT molecular complexity index is 462. The molecule has 3 heteroatoms. The molecule has 96 valence electrons. The van der Waals surface area contributed by atoms with Crippen LogP contribution in [0.2, 0.25) is 0 Å². The van der Waals surface area contributed by atoms with Gasteiger partial charge in [-0.2, -0.15) is 0 Å². The summed E-state index contributed by atoms with van der Waals surface area (Å²) in [4.78, 5) is 4.24. The highest BCUT2D eigenvalue weighted by Crippen LogP contribution is 2.16. The maximum atomic E-state index is 4.24. The molecule has 0 saturated heterocycles. The summed E-state index contributed by atoms with van der Waals surface area (Å²) in [6.45, 7) is 3.12. The van der Waals surface area contributed by atoms with Gasteiger partial charge in [-0.3, -0.25) is 0 Å². The fourth-order valence-electron chi connectivity index (χ4n) is 2.21. The van der Waals surface area contributed by atoms with E-state index in [9.17, 15) is 0 Å². The molecule has 1 aromatic heterocycles. The van der Waals surface area contributed by atoms with E-state index in [-0.39, 0.29) is 0 Å². The standard InChI is InChI=1S/C15H21N3/c1-13(8-9-14-6-4-3-5-7-14)18-12-17-11-15(18)10-16-2/h3-7,11-13,16H,8-10H2,1-2H3. The van der Waals surface area contributed by atoms with Crippen LogP contribution >= 0.6 is 0 Å². The molecule has 1 atom stereocenters. The third-order valence-electron chi connectivity index (χ3n) is 3.27. The number of hydrogen-bond acceptors (Lipinski definition) is 2. The van der Waals surface area contributed by atoms with Crippen molar-refractivity contribution < 1.29 is 0 Å². The molecule has 0 radical (unpaired) electrons. The van der Waals surface area contributed by atoms with Crippen LogP contribution in [-0.4, -0.2) is 16.6 Å². The Hall–Kier alpha value is -1.61. The monoisotopic (exact) mass is 243 g/mol. The van der Waals surface area contributed by atoms with Gasteiger partial charge in [-0.1, -0.05) is 30.3 Å². The van der Waals surface area contributed by atoms with Crippen LogP contribution in [0.25, 0.3) is 0 Å². The molecule has 0 bridgehead atoms. The van der Waals surface area contributed by atoms with Crippen molar-refractivity contribution in [1.29, 1.82) is 0 Å². The molecule has 1 N–H and O–H groups in total. The average Bonchev–Trinajstić information content (AvgIpc) is 2.86. The van der Waals surface area contributed by atoms with Gasteiger partial charge in [-0.05, 0) is 32.4 Å². The molecule has 1 unspecified atom stereocenters. The third-order valence-corrected chi connectivity index (χ3v) is 3.27. The van der Waals surface area contributed by atoms with Gasteiger partial charge >= 0.3 is 0 Å². The molecule has 0 aliphatic heterocycles. The Morgan fingerprint density at radius 1 is 1.28 bits per heavy atom. The first-order valence-electron chi connectivity index (χ1n) is 6.50. The summed E-state index contributed by atoms with van der Waals surface area (Å²) in [6.07, 6.45) is 6.12. The molecule has 0 aliphatic rings. The van der Waals surface area contributed by atoms with Crippen molar-refractivity contribution in [3.05, 3.63) is 54.1 Å². The first-order chi connectivity index (χ1) is 8.81. The van der Waals surface area contributed by atoms with E-state index in [2.05, 4.69) is 52.1 Å². The summed E-state index contributed by atoms with van der Waals surface area (Å²) < 4.78 is 2.26. The molecule has 1 aromatic carbocycles. The lowest BCUT2D eigenvalue weighted by molar-refractivity contribution is 0.486. The van der Waals surface area contributed by atoms with Gasteiger partial charge in [0.05, 0.1) is 12.0 Å².